The zero-order valence-corrected chi connectivity index (χ0v) is 11.3. The number of halogens is 1. The maximum Gasteiger partial charge on any atom is 0.257 e. The van der Waals surface area contributed by atoms with Crippen molar-refractivity contribution in [2.45, 2.75) is 0 Å². The highest BCUT2D eigenvalue weighted by atomic mass is 35.5. The first-order valence-electron chi connectivity index (χ1n) is 6.04. The van der Waals surface area contributed by atoms with Crippen LogP contribution in [-0.2, 0) is 0 Å². The molecular weight excluding hydrogens is 260 g/mol. The predicted molar refractivity (Wildman–Crippen MR) is 77.0 cm³/mol. The first kappa shape index (κ1) is 12.1. The second-order valence-corrected chi connectivity index (χ2v) is 5.01. The van der Waals surface area contributed by atoms with E-state index >= 15 is 0 Å². The summed E-state index contributed by atoms with van der Waals surface area (Å²) in [5.41, 5.74) is 2.63. The summed E-state index contributed by atoms with van der Waals surface area (Å²) in [7, 11) is 1.80. The van der Waals surface area contributed by atoms with Crippen LogP contribution in [0.15, 0.2) is 48.5 Å². The Morgan fingerprint density at radius 1 is 1.11 bits per heavy atom. The predicted octanol–water partition coefficient (Wildman–Crippen LogP) is 3.52. The van der Waals surface area contributed by atoms with Crippen LogP contribution < -0.4 is 4.90 Å². The summed E-state index contributed by atoms with van der Waals surface area (Å²) in [6.45, 7) is 0.524. The second-order valence-electron chi connectivity index (χ2n) is 4.57. The molecule has 0 bridgehead atoms. The molecule has 0 radical (unpaired) electrons. The molecule has 96 valence electrons. The van der Waals surface area contributed by atoms with E-state index in [1.807, 2.05) is 48.5 Å². The summed E-state index contributed by atoms with van der Waals surface area (Å²) >= 11 is 6.05. The quantitative estimate of drug-likeness (QED) is 0.793. The van der Waals surface area contributed by atoms with E-state index in [-0.39, 0.29) is 5.91 Å². The maximum absolute atomic E-state index is 12.1. The summed E-state index contributed by atoms with van der Waals surface area (Å²) < 4.78 is 0. The highest BCUT2D eigenvalue weighted by Crippen LogP contribution is 2.33. The lowest BCUT2D eigenvalue weighted by atomic mass is 10.1. The number of amides is 1. The first-order valence-corrected chi connectivity index (χ1v) is 6.42. The van der Waals surface area contributed by atoms with E-state index in [1.165, 1.54) is 0 Å². The minimum atomic E-state index is 0.0499. The van der Waals surface area contributed by atoms with Crippen molar-refractivity contribution in [3.8, 4) is 0 Å². The largest absolute Gasteiger partial charge is 0.324 e. The summed E-state index contributed by atoms with van der Waals surface area (Å²) in [5, 5.41) is 0.689. The SMILES string of the molecule is CN1CN(c2cccc(Cl)c2)c2ccccc2C1=O. The zero-order chi connectivity index (χ0) is 13.4. The molecule has 1 amide bonds. The van der Waals surface area contributed by atoms with Crippen LogP contribution in [0.1, 0.15) is 10.4 Å². The molecule has 1 heterocycles. The number of rotatable bonds is 1. The Labute approximate surface area is 117 Å². The third-order valence-electron chi connectivity index (χ3n) is 3.25. The van der Waals surface area contributed by atoms with Gasteiger partial charge in [0.2, 0.25) is 0 Å². The number of para-hydroxylation sites is 1. The van der Waals surface area contributed by atoms with Gasteiger partial charge in [-0.15, -0.1) is 0 Å². The number of hydrogen-bond acceptors (Lipinski definition) is 2. The lowest BCUT2D eigenvalue weighted by Gasteiger charge is -2.36. The molecule has 2 aromatic carbocycles. The number of fused-ring (bicyclic) bond motifs is 1. The molecule has 0 N–H and O–H groups in total. The third-order valence-corrected chi connectivity index (χ3v) is 3.48. The second kappa shape index (κ2) is 4.59. The number of hydrogen-bond donors (Lipinski definition) is 0. The average molecular weight is 273 g/mol. The van der Waals surface area contributed by atoms with Crippen molar-refractivity contribution in [3.05, 3.63) is 59.1 Å². The molecular formula is C15H13ClN2O. The summed E-state index contributed by atoms with van der Waals surface area (Å²) in [4.78, 5) is 15.9. The molecule has 0 saturated carbocycles. The van der Waals surface area contributed by atoms with Gasteiger partial charge in [0.1, 0.15) is 0 Å². The number of carbonyl (C=O) groups is 1. The van der Waals surface area contributed by atoms with Crippen molar-refractivity contribution >= 4 is 28.9 Å². The van der Waals surface area contributed by atoms with Gasteiger partial charge in [-0.1, -0.05) is 29.8 Å². The van der Waals surface area contributed by atoms with Crippen LogP contribution in [0.4, 0.5) is 11.4 Å². The molecule has 19 heavy (non-hydrogen) atoms. The van der Waals surface area contributed by atoms with Gasteiger partial charge in [-0.2, -0.15) is 0 Å². The fourth-order valence-electron chi connectivity index (χ4n) is 2.31. The zero-order valence-electron chi connectivity index (χ0n) is 10.5. The Morgan fingerprint density at radius 3 is 2.68 bits per heavy atom. The molecule has 3 nitrogen and oxygen atoms in total. The number of anilines is 2. The molecule has 0 atom stereocenters. The van der Waals surface area contributed by atoms with Crippen LogP contribution >= 0.6 is 11.6 Å². The van der Waals surface area contributed by atoms with E-state index < -0.39 is 0 Å². The molecule has 1 aliphatic rings. The Kier molecular flexibility index (Phi) is 2.91. The Morgan fingerprint density at radius 2 is 1.89 bits per heavy atom. The van der Waals surface area contributed by atoms with E-state index in [0.29, 0.717) is 11.7 Å². The van der Waals surface area contributed by atoms with E-state index in [1.54, 1.807) is 11.9 Å². The Balaban J connectivity index is 2.13. The van der Waals surface area contributed by atoms with Gasteiger partial charge in [-0.05, 0) is 30.3 Å². The monoisotopic (exact) mass is 272 g/mol. The van der Waals surface area contributed by atoms with Gasteiger partial charge in [0.15, 0.2) is 0 Å². The van der Waals surface area contributed by atoms with Gasteiger partial charge in [0.25, 0.3) is 5.91 Å². The van der Waals surface area contributed by atoms with Gasteiger partial charge in [0.05, 0.1) is 17.9 Å². The Bertz CT molecular complexity index is 642. The van der Waals surface area contributed by atoms with Gasteiger partial charge in [-0.3, -0.25) is 4.79 Å². The normalized spacial score (nSPS) is 14.5. The first-order chi connectivity index (χ1) is 9.16. The lowest BCUT2D eigenvalue weighted by molar-refractivity contribution is 0.0787. The van der Waals surface area contributed by atoms with Crippen molar-refractivity contribution < 1.29 is 4.79 Å². The molecule has 2 aromatic rings. The van der Waals surface area contributed by atoms with Crippen molar-refractivity contribution in [1.29, 1.82) is 0 Å². The van der Waals surface area contributed by atoms with Crippen LogP contribution in [0.5, 0.6) is 0 Å². The third kappa shape index (κ3) is 2.06. The smallest absolute Gasteiger partial charge is 0.257 e. The topological polar surface area (TPSA) is 23.6 Å². The van der Waals surface area contributed by atoms with E-state index in [9.17, 15) is 4.79 Å². The highest BCUT2D eigenvalue weighted by molar-refractivity contribution is 6.30. The lowest BCUT2D eigenvalue weighted by Crippen LogP contribution is -2.42. The number of carbonyl (C=O) groups excluding carboxylic acids is 1. The van der Waals surface area contributed by atoms with Gasteiger partial charge in [0, 0.05) is 17.8 Å². The van der Waals surface area contributed by atoms with Gasteiger partial charge >= 0.3 is 0 Å². The van der Waals surface area contributed by atoms with Crippen molar-refractivity contribution in [1.82, 2.24) is 4.90 Å². The summed E-state index contributed by atoms with van der Waals surface area (Å²) in [5.74, 6) is 0.0499. The molecule has 0 unspecified atom stereocenters. The molecule has 0 aromatic heterocycles. The van der Waals surface area contributed by atoms with E-state index in [2.05, 4.69) is 4.90 Å². The maximum atomic E-state index is 12.1. The van der Waals surface area contributed by atoms with Gasteiger partial charge in [-0.25, -0.2) is 0 Å². The fourth-order valence-corrected chi connectivity index (χ4v) is 2.50. The number of nitrogens with zero attached hydrogens (tertiary/aromatic N) is 2. The molecule has 0 saturated heterocycles. The van der Waals surface area contributed by atoms with E-state index in [4.69, 9.17) is 11.6 Å². The van der Waals surface area contributed by atoms with Crippen molar-refractivity contribution in [3.63, 3.8) is 0 Å². The van der Waals surface area contributed by atoms with Crippen molar-refractivity contribution in [2.24, 2.45) is 0 Å². The molecule has 1 aliphatic heterocycles. The van der Waals surface area contributed by atoms with Crippen LogP contribution in [-0.4, -0.2) is 24.5 Å². The molecule has 0 fully saturated rings. The van der Waals surface area contributed by atoms with E-state index in [0.717, 1.165) is 16.9 Å². The summed E-state index contributed by atoms with van der Waals surface area (Å²) in [6, 6.07) is 15.3. The standard InChI is InChI=1S/C15H13ClN2O/c1-17-10-18(12-6-4-5-11(16)9-12)14-8-3-2-7-13(14)15(17)19/h2-9H,10H2,1H3. The van der Waals surface area contributed by atoms with Crippen LogP contribution in [0, 0.1) is 0 Å². The molecule has 4 heteroatoms. The van der Waals surface area contributed by atoms with Crippen LogP contribution in [0.25, 0.3) is 0 Å². The van der Waals surface area contributed by atoms with Crippen molar-refractivity contribution in [2.75, 3.05) is 18.6 Å². The van der Waals surface area contributed by atoms with Gasteiger partial charge < -0.3 is 9.80 Å². The molecule has 3 rings (SSSR count). The highest BCUT2D eigenvalue weighted by Gasteiger charge is 2.27. The van der Waals surface area contributed by atoms with Crippen LogP contribution in [0.2, 0.25) is 5.02 Å². The minimum Gasteiger partial charge on any atom is -0.324 e. The minimum absolute atomic E-state index is 0.0499. The Hall–Kier alpha value is -2.00. The van der Waals surface area contributed by atoms with Crippen LogP contribution in [0.3, 0.4) is 0 Å². The average Bonchev–Trinajstić information content (AvgIpc) is 2.43. The number of benzene rings is 2. The molecule has 0 aliphatic carbocycles. The fraction of sp³-hybridized carbons (Fsp3) is 0.133. The molecule has 0 spiro atoms. The summed E-state index contributed by atoms with van der Waals surface area (Å²) in [6.07, 6.45) is 0.